The van der Waals surface area contributed by atoms with Crippen LogP contribution in [-0.4, -0.2) is 24.2 Å². The Balaban J connectivity index is 1.87. The Hall–Kier alpha value is -1.03. The molecular formula is C14H15Cl2NO2. The molecule has 5 heteroatoms. The highest BCUT2D eigenvalue weighted by atomic mass is 35.5. The van der Waals surface area contributed by atoms with Gasteiger partial charge >= 0.3 is 0 Å². The Morgan fingerprint density at radius 2 is 2.11 bits per heavy atom. The second-order valence-corrected chi connectivity index (χ2v) is 5.70. The van der Waals surface area contributed by atoms with Crippen molar-refractivity contribution in [3.05, 3.63) is 39.9 Å². The summed E-state index contributed by atoms with van der Waals surface area (Å²) < 4.78 is 0. The molecule has 1 aromatic carbocycles. The summed E-state index contributed by atoms with van der Waals surface area (Å²) in [5.74, 6) is -0.175. The molecule has 1 aliphatic carbocycles. The fourth-order valence-electron chi connectivity index (χ4n) is 1.69. The molecule has 2 rings (SSSR count). The summed E-state index contributed by atoms with van der Waals surface area (Å²) in [6.45, 7) is 0.651. The van der Waals surface area contributed by atoms with E-state index in [2.05, 4.69) is 5.32 Å². The second kappa shape index (κ2) is 5.95. The summed E-state index contributed by atoms with van der Waals surface area (Å²) in [5, 5.41) is 12.9. The van der Waals surface area contributed by atoms with Crippen LogP contribution in [0.3, 0.4) is 0 Å². The molecule has 0 spiro atoms. The fourth-order valence-corrected chi connectivity index (χ4v) is 2.00. The lowest BCUT2D eigenvalue weighted by atomic mass is 10.1. The molecule has 1 aromatic rings. The van der Waals surface area contributed by atoms with Crippen molar-refractivity contribution in [1.29, 1.82) is 0 Å². The van der Waals surface area contributed by atoms with E-state index in [0.717, 1.165) is 18.4 Å². The minimum Gasteiger partial charge on any atom is -0.396 e. The third kappa shape index (κ3) is 3.96. The zero-order chi connectivity index (χ0) is 13.9. The molecule has 3 nitrogen and oxygen atoms in total. The molecule has 102 valence electrons. The smallest absolute Gasteiger partial charge is 0.244 e. The van der Waals surface area contributed by atoms with Crippen molar-refractivity contribution in [1.82, 2.24) is 5.32 Å². The van der Waals surface area contributed by atoms with E-state index in [1.54, 1.807) is 24.3 Å². The van der Waals surface area contributed by atoms with E-state index in [-0.39, 0.29) is 17.9 Å². The zero-order valence-electron chi connectivity index (χ0n) is 10.3. The van der Waals surface area contributed by atoms with Crippen LogP contribution in [0.4, 0.5) is 0 Å². The first-order chi connectivity index (χ1) is 9.04. The molecule has 0 radical (unpaired) electrons. The largest absolute Gasteiger partial charge is 0.396 e. The molecule has 19 heavy (non-hydrogen) atoms. The third-order valence-corrected chi connectivity index (χ3v) is 4.04. The lowest BCUT2D eigenvalue weighted by Crippen LogP contribution is -2.30. The number of hydrogen-bond acceptors (Lipinski definition) is 2. The maximum absolute atomic E-state index is 11.6. The Morgan fingerprint density at radius 3 is 2.68 bits per heavy atom. The van der Waals surface area contributed by atoms with E-state index in [1.165, 1.54) is 6.08 Å². The van der Waals surface area contributed by atoms with Gasteiger partial charge in [0.05, 0.1) is 16.7 Å². The first-order valence-corrected chi connectivity index (χ1v) is 6.82. The highest BCUT2D eigenvalue weighted by Crippen LogP contribution is 2.44. The van der Waals surface area contributed by atoms with Gasteiger partial charge in [0.15, 0.2) is 0 Å². The van der Waals surface area contributed by atoms with Crippen LogP contribution in [0.5, 0.6) is 0 Å². The lowest BCUT2D eigenvalue weighted by molar-refractivity contribution is -0.116. The number of rotatable bonds is 5. The average molecular weight is 300 g/mol. The van der Waals surface area contributed by atoms with E-state index in [0.29, 0.717) is 16.6 Å². The zero-order valence-corrected chi connectivity index (χ0v) is 11.8. The third-order valence-electron chi connectivity index (χ3n) is 3.30. The van der Waals surface area contributed by atoms with E-state index in [1.807, 2.05) is 0 Å². The highest BCUT2D eigenvalue weighted by molar-refractivity contribution is 6.42. The topological polar surface area (TPSA) is 49.3 Å². The Kier molecular flexibility index (Phi) is 4.50. The van der Waals surface area contributed by atoms with E-state index >= 15 is 0 Å². The van der Waals surface area contributed by atoms with Gasteiger partial charge in [-0.3, -0.25) is 4.79 Å². The molecule has 0 aromatic heterocycles. The maximum Gasteiger partial charge on any atom is 0.244 e. The molecule has 0 unspecified atom stereocenters. The number of aliphatic hydroxyl groups excluding tert-OH is 1. The molecule has 0 bridgehead atoms. The van der Waals surface area contributed by atoms with E-state index in [4.69, 9.17) is 28.3 Å². The number of carbonyl (C=O) groups is 1. The number of carbonyl (C=O) groups excluding carboxylic acids is 1. The van der Waals surface area contributed by atoms with Crippen LogP contribution in [0.15, 0.2) is 24.3 Å². The monoisotopic (exact) mass is 299 g/mol. The number of aliphatic hydroxyl groups is 1. The molecule has 0 aliphatic heterocycles. The number of hydrogen-bond donors (Lipinski definition) is 2. The van der Waals surface area contributed by atoms with Crippen molar-refractivity contribution >= 4 is 35.2 Å². The molecule has 0 heterocycles. The van der Waals surface area contributed by atoms with Crippen molar-refractivity contribution in [2.45, 2.75) is 12.8 Å². The van der Waals surface area contributed by atoms with Gasteiger partial charge < -0.3 is 10.4 Å². The van der Waals surface area contributed by atoms with Crippen molar-refractivity contribution in [3.63, 3.8) is 0 Å². The van der Waals surface area contributed by atoms with Gasteiger partial charge in [0.25, 0.3) is 0 Å². The van der Waals surface area contributed by atoms with Crippen molar-refractivity contribution < 1.29 is 9.90 Å². The molecule has 2 N–H and O–H groups in total. The normalized spacial score (nSPS) is 16.6. The van der Waals surface area contributed by atoms with Gasteiger partial charge in [0, 0.05) is 18.0 Å². The van der Waals surface area contributed by atoms with Crippen LogP contribution in [0, 0.1) is 5.41 Å². The SMILES string of the molecule is O=C(/C=C/c1ccc(Cl)c(Cl)c1)NCC1(CO)CC1. The summed E-state index contributed by atoms with van der Waals surface area (Å²) in [7, 11) is 0. The van der Waals surface area contributed by atoms with Crippen LogP contribution in [0.2, 0.25) is 10.0 Å². The second-order valence-electron chi connectivity index (χ2n) is 4.88. The lowest BCUT2D eigenvalue weighted by Gasteiger charge is -2.11. The molecule has 0 atom stereocenters. The average Bonchev–Trinajstić information content (AvgIpc) is 3.18. The predicted molar refractivity (Wildman–Crippen MR) is 77.3 cm³/mol. The van der Waals surface area contributed by atoms with Gasteiger partial charge in [-0.15, -0.1) is 0 Å². The van der Waals surface area contributed by atoms with Gasteiger partial charge in [-0.25, -0.2) is 0 Å². The standard InChI is InChI=1S/C14H15Cl2NO2/c15-11-3-1-10(7-12(11)16)2-4-13(19)17-8-14(9-18)5-6-14/h1-4,7,18H,5-6,8-9H2,(H,17,19)/b4-2+. The minimum atomic E-state index is -0.175. The first-order valence-electron chi connectivity index (χ1n) is 6.06. The first kappa shape index (κ1) is 14.4. The highest BCUT2D eigenvalue weighted by Gasteiger charge is 2.41. The predicted octanol–water partition coefficient (Wildman–Crippen LogP) is 2.90. The number of nitrogens with one attached hydrogen (secondary N) is 1. The van der Waals surface area contributed by atoms with Gasteiger partial charge in [-0.2, -0.15) is 0 Å². The maximum atomic E-state index is 11.6. The molecule has 1 amide bonds. The molecular weight excluding hydrogens is 285 g/mol. The summed E-state index contributed by atoms with van der Waals surface area (Å²) in [5.41, 5.74) is 0.737. The minimum absolute atomic E-state index is 0.0763. The van der Waals surface area contributed by atoms with Crippen LogP contribution < -0.4 is 5.32 Å². The summed E-state index contributed by atoms with van der Waals surface area (Å²) in [6.07, 6.45) is 5.07. The molecule has 0 saturated heterocycles. The van der Waals surface area contributed by atoms with Gasteiger partial charge in [-0.05, 0) is 36.6 Å². The van der Waals surface area contributed by atoms with Gasteiger partial charge in [0.2, 0.25) is 5.91 Å². The number of halogens is 2. The molecule has 1 aliphatic rings. The van der Waals surface area contributed by atoms with Crippen LogP contribution in [0.25, 0.3) is 6.08 Å². The van der Waals surface area contributed by atoms with Crippen LogP contribution >= 0.6 is 23.2 Å². The fraction of sp³-hybridized carbons (Fsp3) is 0.357. The van der Waals surface area contributed by atoms with Crippen molar-refractivity contribution in [3.8, 4) is 0 Å². The Labute approximate surface area is 122 Å². The number of benzene rings is 1. The van der Waals surface area contributed by atoms with Crippen molar-refractivity contribution in [2.24, 2.45) is 5.41 Å². The molecule has 1 fully saturated rings. The summed E-state index contributed by atoms with van der Waals surface area (Å²) in [6, 6.07) is 5.17. The van der Waals surface area contributed by atoms with Gasteiger partial charge in [0.1, 0.15) is 0 Å². The van der Waals surface area contributed by atoms with E-state index in [9.17, 15) is 4.79 Å². The van der Waals surface area contributed by atoms with Gasteiger partial charge in [-0.1, -0.05) is 29.3 Å². The van der Waals surface area contributed by atoms with Crippen LogP contribution in [-0.2, 0) is 4.79 Å². The Bertz CT molecular complexity index is 510. The number of amides is 1. The summed E-state index contributed by atoms with van der Waals surface area (Å²) >= 11 is 11.7. The van der Waals surface area contributed by atoms with Crippen molar-refractivity contribution in [2.75, 3.05) is 13.2 Å². The molecule has 1 saturated carbocycles. The quantitative estimate of drug-likeness (QED) is 0.822. The summed E-state index contributed by atoms with van der Waals surface area (Å²) in [4.78, 5) is 11.6. The Morgan fingerprint density at radius 1 is 1.37 bits per heavy atom. The van der Waals surface area contributed by atoms with E-state index < -0.39 is 0 Å². The van der Waals surface area contributed by atoms with Crippen LogP contribution in [0.1, 0.15) is 18.4 Å².